The largest absolute Gasteiger partial charge is 0.348 e. The molecule has 1 amide bonds. The smallest absolute Gasteiger partial charge is 0.251 e. The highest BCUT2D eigenvalue weighted by atomic mass is 16.1. The summed E-state index contributed by atoms with van der Waals surface area (Å²) < 4.78 is 0. The molecule has 0 aliphatic heterocycles. The summed E-state index contributed by atoms with van der Waals surface area (Å²) in [5, 5.41) is 18.5. The number of rotatable bonds is 4. The minimum Gasteiger partial charge on any atom is -0.348 e. The summed E-state index contributed by atoms with van der Waals surface area (Å²) in [6, 6.07) is 16.8. The van der Waals surface area contributed by atoms with Crippen molar-refractivity contribution in [1.29, 1.82) is 5.26 Å². The van der Waals surface area contributed by atoms with Gasteiger partial charge in [0.15, 0.2) is 0 Å². The molecular weight excluding hydrogens is 288 g/mol. The van der Waals surface area contributed by atoms with Crippen molar-refractivity contribution in [3.8, 4) is 17.2 Å². The molecule has 112 valence electrons. The maximum absolute atomic E-state index is 12.1. The minimum absolute atomic E-state index is 0.147. The fraction of sp³-hybridized carbons (Fsp3) is 0.0556. The van der Waals surface area contributed by atoms with Crippen molar-refractivity contribution in [1.82, 2.24) is 15.5 Å². The van der Waals surface area contributed by atoms with Crippen LogP contribution >= 0.6 is 0 Å². The summed E-state index contributed by atoms with van der Waals surface area (Å²) in [7, 11) is 0. The van der Waals surface area contributed by atoms with Gasteiger partial charge in [0, 0.05) is 23.9 Å². The maximum Gasteiger partial charge on any atom is 0.251 e. The Morgan fingerprint density at radius 1 is 1.17 bits per heavy atom. The van der Waals surface area contributed by atoms with Gasteiger partial charge in [-0.15, -0.1) is 0 Å². The van der Waals surface area contributed by atoms with Crippen molar-refractivity contribution in [2.45, 2.75) is 6.54 Å². The highest BCUT2D eigenvalue weighted by molar-refractivity contribution is 5.94. The van der Waals surface area contributed by atoms with Gasteiger partial charge in [-0.2, -0.15) is 10.4 Å². The number of nitriles is 1. The first-order valence-electron chi connectivity index (χ1n) is 7.13. The van der Waals surface area contributed by atoms with Crippen molar-refractivity contribution < 1.29 is 4.79 Å². The predicted octanol–water partition coefficient (Wildman–Crippen LogP) is 2.88. The summed E-state index contributed by atoms with van der Waals surface area (Å²) in [6.07, 6.45) is 3.41. The van der Waals surface area contributed by atoms with Gasteiger partial charge in [-0.1, -0.05) is 30.3 Å². The Bertz CT molecular complexity index is 845. The molecule has 0 aliphatic rings. The lowest BCUT2D eigenvalue weighted by molar-refractivity contribution is 0.0951. The first kappa shape index (κ1) is 14.5. The Hall–Kier alpha value is -3.39. The molecule has 0 fully saturated rings. The number of hydrogen-bond acceptors (Lipinski definition) is 3. The van der Waals surface area contributed by atoms with Gasteiger partial charge in [-0.25, -0.2) is 0 Å². The molecule has 3 rings (SSSR count). The van der Waals surface area contributed by atoms with Gasteiger partial charge < -0.3 is 5.32 Å². The zero-order valence-corrected chi connectivity index (χ0v) is 12.3. The normalized spacial score (nSPS) is 10.0. The number of nitrogens with zero attached hydrogens (tertiary/aromatic N) is 2. The molecule has 0 aliphatic carbocycles. The van der Waals surface area contributed by atoms with E-state index in [4.69, 9.17) is 5.26 Å². The lowest BCUT2D eigenvalue weighted by Gasteiger charge is -2.07. The highest BCUT2D eigenvalue weighted by Gasteiger charge is 2.08. The van der Waals surface area contributed by atoms with Crippen LogP contribution in [0.4, 0.5) is 0 Å². The van der Waals surface area contributed by atoms with Gasteiger partial charge in [0.05, 0.1) is 17.8 Å². The number of amides is 1. The summed E-state index contributed by atoms with van der Waals surface area (Å²) in [5.74, 6) is -0.147. The lowest BCUT2D eigenvalue weighted by atomic mass is 9.99. The third kappa shape index (κ3) is 3.27. The van der Waals surface area contributed by atoms with Crippen LogP contribution in [0, 0.1) is 11.3 Å². The van der Waals surface area contributed by atoms with E-state index < -0.39 is 0 Å². The Morgan fingerprint density at radius 3 is 2.65 bits per heavy atom. The Labute approximate surface area is 133 Å². The van der Waals surface area contributed by atoms with Crippen LogP contribution < -0.4 is 5.32 Å². The number of aromatic amines is 1. The van der Waals surface area contributed by atoms with Crippen LogP contribution in [0.3, 0.4) is 0 Å². The molecule has 3 aromatic rings. The van der Waals surface area contributed by atoms with Crippen LogP contribution in [0.15, 0.2) is 60.9 Å². The van der Waals surface area contributed by atoms with Crippen LogP contribution in [0.5, 0.6) is 0 Å². The van der Waals surface area contributed by atoms with Gasteiger partial charge in [0.1, 0.15) is 0 Å². The van der Waals surface area contributed by atoms with Crippen LogP contribution in [0.2, 0.25) is 0 Å². The average molecular weight is 302 g/mol. The van der Waals surface area contributed by atoms with Gasteiger partial charge in [0.2, 0.25) is 0 Å². The fourth-order valence-electron chi connectivity index (χ4n) is 2.29. The molecule has 2 N–H and O–H groups in total. The molecule has 0 bridgehead atoms. The zero-order valence-electron chi connectivity index (χ0n) is 12.3. The topological polar surface area (TPSA) is 81.6 Å². The van der Waals surface area contributed by atoms with Gasteiger partial charge in [-0.05, 0) is 29.3 Å². The van der Waals surface area contributed by atoms with Crippen LogP contribution in [-0.4, -0.2) is 16.1 Å². The maximum atomic E-state index is 12.1. The van der Waals surface area contributed by atoms with Crippen LogP contribution in [0.1, 0.15) is 21.5 Å². The van der Waals surface area contributed by atoms with E-state index in [1.807, 2.05) is 30.3 Å². The highest BCUT2D eigenvalue weighted by Crippen LogP contribution is 2.23. The Balaban J connectivity index is 1.74. The van der Waals surface area contributed by atoms with Crippen molar-refractivity contribution in [3.05, 3.63) is 77.6 Å². The number of carbonyl (C=O) groups excluding carboxylic acids is 1. The lowest BCUT2D eigenvalue weighted by Crippen LogP contribution is -2.22. The van der Waals surface area contributed by atoms with E-state index in [-0.39, 0.29) is 5.91 Å². The van der Waals surface area contributed by atoms with Crippen molar-refractivity contribution >= 4 is 5.91 Å². The number of carbonyl (C=O) groups is 1. The van der Waals surface area contributed by atoms with Crippen molar-refractivity contribution in [2.24, 2.45) is 0 Å². The first-order chi connectivity index (χ1) is 11.3. The summed E-state index contributed by atoms with van der Waals surface area (Å²) in [5.41, 5.74) is 3.88. The SMILES string of the molecule is N#Cc1ccccc1-c1ccc(C(=O)NCc2cn[nH]c2)cc1. The molecule has 0 saturated carbocycles. The van der Waals surface area contributed by atoms with Crippen molar-refractivity contribution in [2.75, 3.05) is 0 Å². The molecule has 0 saturated heterocycles. The molecule has 0 spiro atoms. The first-order valence-corrected chi connectivity index (χ1v) is 7.13. The second-order valence-electron chi connectivity index (χ2n) is 5.02. The molecule has 5 heteroatoms. The number of hydrogen-bond donors (Lipinski definition) is 2. The molecule has 1 heterocycles. The van der Waals surface area contributed by atoms with E-state index in [0.717, 1.165) is 16.7 Å². The standard InChI is InChI=1S/C18H14N4O/c19-9-16-3-1-2-4-17(16)14-5-7-15(8-6-14)18(23)20-10-13-11-21-22-12-13/h1-8,11-12H,10H2,(H,20,23)(H,21,22). The molecule has 1 aromatic heterocycles. The van der Waals surface area contributed by atoms with E-state index in [1.165, 1.54) is 0 Å². The predicted molar refractivity (Wildman–Crippen MR) is 86.4 cm³/mol. The van der Waals surface area contributed by atoms with E-state index in [2.05, 4.69) is 21.6 Å². The molecule has 0 unspecified atom stereocenters. The van der Waals surface area contributed by atoms with E-state index in [1.54, 1.807) is 30.6 Å². The van der Waals surface area contributed by atoms with E-state index >= 15 is 0 Å². The summed E-state index contributed by atoms with van der Waals surface area (Å²) in [4.78, 5) is 12.1. The number of H-pyrrole nitrogens is 1. The second-order valence-corrected chi connectivity index (χ2v) is 5.02. The Kier molecular flexibility index (Phi) is 4.16. The summed E-state index contributed by atoms with van der Waals surface area (Å²) >= 11 is 0. The van der Waals surface area contributed by atoms with Crippen LogP contribution in [0.25, 0.3) is 11.1 Å². The number of nitrogens with one attached hydrogen (secondary N) is 2. The average Bonchev–Trinajstić information content (AvgIpc) is 3.13. The van der Waals surface area contributed by atoms with Crippen LogP contribution in [-0.2, 0) is 6.54 Å². The van der Waals surface area contributed by atoms with E-state index in [0.29, 0.717) is 17.7 Å². The quantitative estimate of drug-likeness (QED) is 0.777. The molecule has 23 heavy (non-hydrogen) atoms. The fourth-order valence-corrected chi connectivity index (χ4v) is 2.29. The molecule has 5 nitrogen and oxygen atoms in total. The third-order valence-electron chi connectivity index (χ3n) is 3.51. The van der Waals surface area contributed by atoms with Gasteiger partial charge >= 0.3 is 0 Å². The van der Waals surface area contributed by atoms with Gasteiger partial charge in [0.25, 0.3) is 5.91 Å². The van der Waals surface area contributed by atoms with E-state index in [9.17, 15) is 4.79 Å². The zero-order chi connectivity index (χ0) is 16.1. The molecular formula is C18H14N4O. The minimum atomic E-state index is -0.147. The monoisotopic (exact) mass is 302 g/mol. The number of aromatic nitrogens is 2. The summed E-state index contributed by atoms with van der Waals surface area (Å²) in [6.45, 7) is 0.425. The number of benzene rings is 2. The molecule has 0 radical (unpaired) electrons. The Morgan fingerprint density at radius 2 is 1.96 bits per heavy atom. The molecule has 0 atom stereocenters. The second kappa shape index (κ2) is 6.58. The van der Waals surface area contributed by atoms with Crippen molar-refractivity contribution in [3.63, 3.8) is 0 Å². The van der Waals surface area contributed by atoms with Gasteiger partial charge in [-0.3, -0.25) is 9.89 Å². The molecule has 2 aromatic carbocycles. The third-order valence-corrected chi connectivity index (χ3v) is 3.51.